The number of carbonyl (C=O) groups is 3. The highest BCUT2D eigenvalue weighted by Crippen LogP contribution is 2.37. The summed E-state index contributed by atoms with van der Waals surface area (Å²) >= 11 is 12.4. The minimum atomic E-state index is -0.718. The number of anilines is 1. The van der Waals surface area contributed by atoms with Gasteiger partial charge in [0, 0.05) is 46.0 Å². The summed E-state index contributed by atoms with van der Waals surface area (Å²) in [6.45, 7) is 7.96. The molecule has 0 saturated heterocycles. The molecule has 3 aromatic carbocycles. The van der Waals surface area contributed by atoms with E-state index in [9.17, 15) is 14.4 Å². The monoisotopic (exact) mass is 539 g/mol. The van der Waals surface area contributed by atoms with Gasteiger partial charge in [-0.1, -0.05) is 53.5 Å². The predicted molar refractivity (Wildman–Crippen MR) is 149 cm³/mol. The quantitative estimate of drug-likeness (QED) is 0.369. The van der Waals surface area contributed by atoms with Crippen LogP contribution in [0.2, 0.25) is 10.0 Å². The fourth-order valence-corrected chi connectivity index (χ4v) is 5.09. The Balaban J connectivity index is 1.49. The smallest absolute Gasteiger partial charge is 0.258 e. The van der Waals surface area contributed by atoms with Gasteiger partial charge < -0.3 is 15.1 Å². The molecule has 1 aliphatic heterocycles. The second kappa shape index (κ2) is 10.7. The Kier molecular flexibility index (Phi) is 7.81. The molecule has 8 heteroatoms. The van der Waals surface area contributed by atoms with Gasteiger partial charge in [0.25, 0.3) is 5.91 Å². The molecule has 0 spiro atoms. The molecule has 4 rings (SSSR count). The number of hydrogen-bond donors (Lipinski definition) is 1. The first-order valence-electron chi connectivity index (χ1n) is 12.4. The van der Waals surface area contributed by atoms with Crippen LogP contribution in [0.3, 0.4) is 0 Å². The third-order valence-corrected chi connectivity index (χ3v) is 7.03. The molecule has 37 heavy (non-hydrogen) atoms. The summed E-state index contributed by atoms with van der Waals surface area (Å²) in [4.78, 5) is 42.8. The lowest BCUT2D eigenvalue weighted by Crippen LogP contribution is -2.52. The van der Waals surface area contributed by atoms with Gasteiger partial charge in [-0.05, 0) is 69.3 Å². The van der Waals surface area contributed by atoms with Crippen LogP contribution >= 0.6 is 23.2 Å². The number of hydrogen-bond acceptors (Lipinski definition) is 3. The summed E-state index contributed by atoms with van der Waals surface area (Å²) in [6.07, 6.45) is 0.627. The van der Waals surface area contributed by atoms with Crippen molar-refractivity contribution in [3.63, 3.8) is 0 Å². The lowest BCUT2D eigenvalue weighted by molar-refractivity contribution is -0.141. The largest absolute Gasteiger partial charge is 0.350 e. The molecule has 1 aliphatic rings. The van der Waals surface area contributed by atoms with E-state index < -0.39 is 11.6 Å². The van der Waals surface area contributed by atoms with Crippen molar-refractivity contribution >= 4 is 57.4 Å². The summed E-state index contributed by atoms with van der Waals surface area (Å²) < 4.78 is 0. The zero-order valence-electron chi connectivity index (χ0n) is 21.5. The molecular formula is C29H31Cl2N3O3. The van der Waals surface area contributed by atoms with Gasteiger partial charge in [0.05, 0.1) is 5.69 Å². The molecule has 0 unspecified atom stereocenters. The van der Waals surface area contributed by atoms with E-state index in [0.29, 0.717) is 34.1 Å². The topological polar surface area (TPSA) is 69.7 Å². The number of nitrogens with one attached hydrogen (secondary N) is 1. The van der Waals surface area contributed by atoms with E-state index in [2.05, 4.69) is 5.32 Å². The highest BCUT2D eigenvalue weighted by atomic mass is 35.5. The van der Waals surface area contributed by atoms with Crippen molar-refractivity contribution in [3.05, 3.63) is 75.8 Å². The third-order valence-electron chi connectivity index (χ3n) is 6.44. The summed E-state index contributed by atoms with van der Waals surface area (Å²) in [7, 11) is 0. The van der Waals surface area contributed by atoms with Gasteiger partial charge in [-0.2, -0.15) is 0 Å². The van der Waals surface area contributed by atoms with Crippen molar-refractivity contribution in [1.82, 2.24) is 10.2 Å². The average molecular weight is 540 g/mol. The molecule has 1 atom stereocenters. The minimum Gasteiger partial charge on any atom is -0.350 e. The molecule has 0 saturated carbocycles. The van der Waals surface area contributed by atoms with Crippen molar-refractivity contribution in [1.29, 1.82) is 0 Å². The number of halogens is 2. The van der Waals surface area contributed by atoms with E-state index in [1.165, 1.54) is 4.90 Å². The highest BCUT2D eigenvalue weighted by Gasteiger charge is 2.31. The lowest BCUT2D eigenvalue weighted by Gasteiger charge is -2.32. The Morgan fingerprint density at radius 2 is 1.76 bits per heavy atom. The summed E-state index contributed by atoms with van der Waals surface area (Å²) in [5, 5.41) is 5.85. The Bertz CT molecular complexity index is 1360. The number of amides is 3. The first-order valence-corrected chi connectivity index (χ1v) is 13.1. The zero-order valence-corrected chi connectivity index (χ0v) is 23.0. The van der Waals surface area contributed by atoms with E-state index in [4.69, 9.17) is 23.2 Å². The maximum Gasteiger partial charge on any atom is 0.258 e. The second-order valence-electron chi connectivity index (χ2n) is 10.4. The van der Waals surface area contributed by atoms with Gasteiger partial charge in [-0.15, -0.1) is 0 Å². The van der Waals surface area contributed by atoms with Gasteiger partial charge in [0.2, 0.25) is 11.8 Å². The van der Waals surface area contributed by atoms with Crippen LogP contribution in [0.4, 0.5) is 5.69 Å². The Morgan fingerprint density at radius 1 is 1.05 bits per heavy atom. The minimum absolute atomic E-state index is 0.0537. The predicted octanol–water partition coefficient (Wildman–Crippen LogP) is 6.22. The number of carbonyl (C=O) groups excluding carboxylic acids is 3. The Hall–Kier alpha value is -3.09. The lowest BCUT2D eigenvalue weighted by atomic mass is 10.1. The molecule has 3 amide bonds. The van der Waals surface area contributed by atoms with Crippen molar-refractivity contribution in [3.8, 4) is 0 Å². The fourth-order valence-electron chi connectivity index (χ4n) is 4.62. The molecular weight excluding hydrogens is 509 g/mol. The van der Waals surface area contributed by atoms with Crippen molar-refractivity contribution in [2.24, 2.45) is 0 Å². The number of rotatable bonds is 8. The molecule has 0 aliphatic carbocycles. The Morgan fingerprint density at radius 3 is 2.43 bits per heavy atom. The maximum absolute atomic E-state index is 13.5. The van der Waals surface area contributed by atoms with Crippen LogP contribution in [0.1, 0.15) is 56.5 Å². The zero-order chi connectivity index (χ0) is 26.9. The van der Waals surface area contributed by atoms with Gasteiger partial charge in [0.15, 0.2) is 0 Å². The molecule has 0 aromatic heterocycles. The molecule has 1 N–H and O–H groups in total. The molecule has 3 aromatic rings. The second-order valence-corrected chi connectivity index (χ2v) is 11.3. The van der Waals surface area contributed by atoms with Crippen LogP contribution in [0.5, 0.6) is 0 Å². The maximum atomic E-state index is 13.5. The molecule has 194 valence electrons. The summed E-state index contributed by atoms with van der Waals surface area (Å²) in [5.41, 5.74) is 1.82. The standard InChI is InChI=1S/C29H31Cl2N3O3/c1-18(27(36)32-29(2,3)4)34(17-20-13-14-21(30)16-23(20)31)25(35)12-7-15-33-24-11-6-9-19-8-5-10-22(26(19)24)28(33)37/h5-6,8-11,13-14,16,18H,7,12,15,17H2,1-4H3,(H,32,36)/t18-/m1/s1. The van der Waals surface area contributed by atoms with E-state index in [0.717, 1.165) is 16.5 Å². The third kappa shape index (κ3) is 5.91. The molecule has 0 fully saturated rings. The first-order chi connectivity index (χ1) is 17.5. The summed E-state index contributed by atoms with van der Waals surface area (Å²) in [5.74, 6) is -0.491. The first kappa shape index (κ1) is 27.0. The average Bonchev–Trinajstić information content (AvgIpc) is 3.10. The van der Waals surface area contributed by atoms with E-state index in [-0.39, 0.29) is 30.7 Å². The van der Waals surface area contributed by atoms with Crippen molar-refractivity contribution in [2.45, 2.75) is 58.7 Å². The van der Waals surface area contributed by atoms with Crippen LogP contribution in [-0.4, -0.2) is 40.7 Å². The SMILES string of the molecule is C[C@H](C(=O)NC(C)(C)C)N(Cc1ccc(Cl)cc1Cl)C(=O)CCCN1C(=O)c2cccc3cccc1c23. The Labute approximate surface area is 227 Å². The van der Waals surface area contributed by atoms with Gasteiger partial charge in [-0.3, -0.25) is 14.4 Å². The van der Waals surface area contributed by atoms with E-state index in [1.54, 1.807) is 30.0 Å². The van der Waals surface area contributed by atoms with Gasteiger partial charge in [0.1, 0.15) is 6.04 Å². The van der Waals surface area contributed by atoms with Crippen LogP contribution in [0.15, 0.2) is 54.6 Å². The van der Waals surface area contributed by atoms with E-state index >= 15 is 0 Å². The van der Waals surface area contributed by atoms with Gasteiger partial charge >= 0.3 is 0 Å². The molecule has 6 nitrogen and oxygen atoms in total. The molecule has 1 heterocycles. The normalized spacial score (nSPS) is 13.7. The number of benzene rings is 3. The van der Waals surface area contributed by atoms with Crippen LogP contribution < -0.4 is 10.2 Å². The summed E-state index contributed by atoms with van der Waals surface area (Å²) in [6, 6.07) is 16.0. The van der Waals surface area contributed by atoms with Gasteiger partial charge in [-0.25, -0.2) is 0 Å². The van der Waals surface area contributed by atoms with E-state index in [1.807, 2.05) is 57.2 Å². The number of nitrogens with zero attached hydrogens (tertiary/aromatic N) is 2. The molecule has 0 bridgehead atoms. The highest BCUT2D eigenvalue weighted by molar-refractivity contribution is 6.35. The van der Waals surface area contributed by atoms with Crippen molar-refractivity contribution in [2.75, 3.05) is 11.4 Å². The van der Waals surface area contributed by atoms with Crippen molar-refractivity contribution < 1.29 is 14.4 Å². The van der Waals surface area contributed by atoms with Crippen LogP contribution in [-0.2, 0) is 16.1 Å². The molecule has 0 radical (unpaired) electrons. The van der Waals surface area contributed by atoms with Crippen LogP contribution in [0.25, 0.3) is 10.8 Å². The fraction of sp³-hybridized carbons (Fsp3) is 0.345. The van der Waals surface area contributed by atoms with Crippen LogP contribution in [0, 0.1) is 0 Å².